The average Bonchev–Trinajstić information content (AvgIpc) is 2.72. The maximum absolute atomic E-state index is 12.1. The molecule has 0 amide bonds. The molecule has 0 aliphatic heterocycles. The van der Waals surface area contributed by atoms with Crippen LogP contribution in [0.15, 0.2) is 21.6 Å². The number of nitrogens with one attached hydrogen (secondary N) is 2. The summed E-state index contributed by atoms with van der Waals surface area (Å²) >= 11 is 0. The Labute approximate surface area is 127 Å². The molecule has 0 saturated carbocycles. The van der Waals surface area contributed by atoms with E-state index < -0.39 is 16.1 Å². The van der Waals surface area contributed by atoms with E-state index >= 15 is 0 Å². The minimum atomic E-state index is -3.69. The van der Waals surface area contributed by atoms with Gasteiger partial charge in [-0.2, -0.15) is 0 Å². The Morgan fingerprint density at radius 3 is 2.43 bits per heavy atom. The number of hydrogen-bond acceptors (Lipinski definition) is 5. The first-order valence-electron chi connectivity index (χ1n) is 7.04. The van der Waals surface area contributed by atoms with Crippen LogP contribution in [-0.4, -0.2) is 31.2 Å². The predicted molar refractivity (Wildman–Crippen MR) is 81.4 cm³/mol. The number of aliphatic hydroxyl groups excluding tert-OH is 1. The molecule has 1 heterocycles. The minimum absolute atomic E-state index is 0.0736. The molecule has 2 atom stereocenters. The molecule has 6 nitrogen and oxygen atoms in total. The molecular formula is C14H26N2O4S. The molecule has 0 spiro atoms. The zero-order chi connectivity index (χ0) is 16.3. The van der Waals surface area contributed by atoms with Crippen molar-refractivity contribution in [3.8, 4) is 0 Å². The maximum Gasteiger partial charge on any atom is 0.274 e. The van der Waals surface area contributed by atoms with Crippen LogP contribution in [0.3, 0.4) is 0 Å². The van der Waals surface area contributed by atoms with Crippen LogP contribution in [0.25, 0.3) is 0 Å². The van der Waals surface area contributed by atoms with Gasteiger partial charge in [0.2, 0.25) is 5.09 Å². The van der Waals surface area contributed by atoms with Gasteiger partial charge in [-0.3, -0.25) is 0 Å². The van der Waals surface area contributed by atoms with Gasteiger partial charge in [-0.1, -0.05) is 0 Å². The van der Waals surface area contributed by atoms with Crippen molar-refractivity contribution in [2.45, 2.75) is 70.4 Å². The van der Waals surface area contributed by atoms with Crippen LogP contribution in [0.5, 0.6) is 0 Å². The highest BCUT2D eigenvalue weighted by Crippen LogP contribution is 2.15. The lowest BCUT2D eigenvalue weighted by Gasteiger charge is -2.19. The summed E-state index contributed by atoms with van der Waals surface area (Å²) < 4.78 is 32.1. The molecule has 1 aromatic heterocycles. The molecule has 7 heteroatoms. The van der Waals surface area contributed by atoms with Crippen molar-refractivity contribution in [2.75, 3.05) is 0 Å². The van der Waals surface area contributed by atoms with Gasteiger partial charge in [0.1, 0.15) is 5.76 Å². The summed E-state index contributed by atoms with van der Waals surface area (Å²) in [5.74, 6) is 0.563. The third-order valence-electron chi connectivity index (χ3n) is 2.75. The van der Waals surface area contributed by atoms with Gasteiger partial charge in [0.15, 0.2) is 0 Å². The zero-order valence-electron chi connectivity index (χ0n) is 13.3. The van der Waals surface area contributed by atoms with E-state index in [-0.39, 0.29) is 16.7 Å². The van der Waals surface area contributed by atoms with Crippen LogP contribution in [0.4, 0.5) is 0 Å². The molecule has 1 aromatic rings. The first kappa shape index (κ1) is 18.2. The van der Waals surface area contributed by atoms with Gasteiger partial charge >= 0.3 is 0 Å². The maximum atomic E-state index is 12.1. The monoisotopic (exact) mass is 318 g/mol. The summed E-state index contributed by atoms with van der Waals surface area (Å²) in [5, 5.41) is 12.4. The SMILES string of the molecule is CC(O)CC(C)NS(=O)(=O)c1ccc(CNC(C)(C)C)o1. The number of aliphatic hydroxyl groups is 1. The smallest absolute Gasteiger partial charge is 0.274 e. The molecule has 0 aromatic carbocycles. The van der Waals surface area contributed by atoms with E-state index in [0.29, 0.717) is 18.7 Å². The van der Waals surface area contributed by atoms with Crippen molar-refractivity contribution in [3.05, 3.63) is 17.9 Å². The van der Waals surface area contributed by atoms with Crippen LogP contribution < -0.4 is 10.0 Å². The lowest BCUT2D eigenvalue weighted by Crippen LogP contribution is -2.35. The Morgan fingerprint density at radius 2 is 1.90 bits per heavy atom. The van der Waals surface area contributed by atoms with E-state index in [1.54, 1.807) is 19.9 Å². The Balaban J connectivity index is 2.70. The van der Waals surface area contributed by atoms with E-state index in [1.165, 1.54) is 6.07 Å². The second-order valence-electron chi connectivity index (χ2n) is 6.43. The average molecular weight is 318 g/mol. The lowest BCUT2D eigenvalue weighted by atomic mass is 10.1. The van der Waals surface area contributed by atoms with Crippen LogP contribution >= 0.6 is 0 Å². The second kappa shape index (κ2) is 6.91. The van der Waals surface area contributed by atoms with Crippen molar-refractivity contribution >= 4 is 10.0 Å². The molecule has 0 radical (unpaired) electrons. The van der Waals surface area contributed by atoms with Crippen LogP contribution in [0.2, 0.25) is 0 Å². The number of sulfonamides is 1. The lowest BCUT2D eigenvalue weighted by molar-refractivity contribution is 0.174. The molecule has 0 aliphatic carbocycles. The van der Waals surface area contributed by atoms with Crippen molar-refractivity contribution < 1.29 is 17.9 Å². The fraction of sp³-hybridized carbons (Fsp3) is 0.714. The van der Waals surface area contributed by atoms with E-state index in [0.717, 1.165) is 0 Å². The number of hydrogen-bond donors (Lipinski definition) is 3. The normalized spacial score (nSPS) is 15.9. The summed E-state index contributed by atoms with van der Waals surface area (Å²) in [5.41, 5.74) is -0.0736. The van der Waals surface area contributed by atoms with E-state index in [2.05, 4.69) is 10.0 Å². The Hall–Kier alpha value is -0.890. The molecule has 0 aliphatic rings. The van der Waals surface area contributed by atoms with Crippen molar-refractivity contribution in [1.29, 1.82) is 0 Å². The summed E-state index contributed by atoms with van der Waals surface area (Å²) in [7, 11) is -3.69. The van der Waals surface area contributed by atoms with Gasteiger partial charge in [-0.25, -0.2) is 13.1 Å². The minimum Gasteiger partial charge on any atom is -0.447 e. The van der Waals surface area contributed by atoms with E-state index in [4.69, 9.17) is 4.42 Å². The third-order valence-corrected chi connectivity index (χ3v) is 4.21. The van der Waals surface area contributed by atoms with Crippen LogP contribution in [0, 0.1) is 0 Å². The van der Waals surface area contributed by atoms with E-state index in [9.17, 15) is 13.5 Å². The largest absolute Gasteiger partial charge is 0.447 e. The Morgan fingerprint density at radius 1 is 1.29 bits per heavy atom. The summed E-state index contributed by atoms with van der Waals surface area (Å²) in [6, 6.07) is 2.72. The van der Waals surface area contributed by atoms with E-state index in [1.807, 2.05) is 20.8 Å². The van der Waals surface area contributed by atoms with Crippen LogP contribution in [-0.2, 0) is 16.6 Å². The number of furan rings is 1. The standard InChI is InChI=1S/C14H26N2O4S/c1-10(8-11(2)17)16-21(18,19)13-7-6-12(20-13)9-15-14(3,4)5/h6-7,10-11,15-17H,8-9H2,1-5H3. The molecule has 1 rings (SSSR count). The molecule has 0 bridgehead atoms. The highest BCUT2D eigenvalue weighted by Gasteiger charge is 2.22. The second-order valence-corrected chi connectivity index (χ2v) is 8.08. The molecule has 0 saturated heterocycles. The van der Waals surface area contributed by atoms with Crippen molar-refractivity contribution in [1.82, 2.24) is 10.0 Å². The van der Waals surface area contributed by atoms with Gasteiger partial charge in [0, 0.05) is 11.6 Å². The molecule has 3 N–H and O–H groups in total. The van der Waals surface area contributed by atoms with Gasteiger partial charge in [-0.05, 0) is 53.2 Å². The Bertz CT molecular complexity index is 544. The summed E-state index contributed by atoms with van der Waals surface area (Å²) in [6.07, 6.45) is -0.218. The first-order valence-corrected chi connectivity index (χ1v) is 8.52. The molecule has 122 valence electrons. The molecular weight excluding hydrogens is 292 g/mol. The predicted octanol–water partition coefficient (Wildman–Crippen LogP) is 1.61. The molecule has 2 unspecified atom stereocenters. The highest BCUT2D eigenvalue weighted by molar-refractivity contribution is 7.89. The summed E-state index contributed by atoms with van der Waals surface area (Å²) in [4.78, 5) is 0. The topological polar surface area (TPSA) is 91.6 Å². The first-order chi connectivity index (χ1) is 9.49. The fourth-order valence-electron chi connectivity index (χ4n) is 1.83. The summed E-state index contributed by atoms with van der Waals surface area (Å²) in [6.45, 7) is 9.85. The molecule has 21 heavy (non-hydrogen) atoms. The van der Waals surface area contributed by atoms with Crippen molar-refractivity contribution in [2.24, 2.45) is 0 Å². The third kappa shape index (κ3) is 6.60. The van der Waals surface area contributed by atoms with Gasteiger partial charge in [-0.15, -0.1) is 0 Å². The van der Waals surface area contributed by atoms with Gasteiger partial charge in [0.25, 0.3) is 10.0 Å². The molecule has 0 fully saturated rings. The Kier molecular flexibility index (Phi) is 5.98. The van der Waals surface area contributed by atoms with Gasteiger partial charge in [0.05, 0.1) is 12.6 Å². The van der Waals surface area contributed by atoms with Crippen LogP contribution in [0.1, 0.15) is 46.8 Å². The zero-order valence-corrected chi connectivity index (χ0v) is 14.1. The van der Waals surface area contributed by atoms with Gasteiger partial charge < -0.3 is 14.8 Å². The van der Waals surface area contributed by atoms with Crippen molar-refractivity contribution in [3.63, 3.8) is 0 Å². The highest BCUT2D eigenvalue weighted by atomic mass is 32.2. The number of rotatable bonds is 7. The quantitative estimate of drug-likeness (QED) is 0.710. The fourth-order valence-corrected chi connectivity index (χ4v) is 3.04.